The summed E-state index contributed by atoms with van der Waals surface area (Å²) in [4.78, 5) is 8.85. The van der Waals surface area contributed by atoms with Crippen LogP contribution in [0.2, 0.25) is 5.02 Å². The molecule has 1 aromatic heterocycles. The summed E-state index contributed by atoms with van der Waals surface area (Å²) >= 11 is 9.61. The van der Waals surface area contributed by atoms with Crippen molar-refractivity contribution in [1.29, 1.82) is 0 Å². The van der Waals surface area contributed by atoms with Gasteiger partial charge in [-0.15, -0.1) is 0 Å². The van der Waals surface area contributed by atoms with Gasteiger partial charge in [-0.2, -0.15) is 0 Å². The van der Waals surface area contributed by atoms with E-state index in [1.807, 2.05) is 6.07 Å². The number of nitrogens with zero attached hydrogens (tertiary/aromatic N) is 2. The molecular weight excluding hydrogens is 312 g/mol. The highest BCUT2D eigenvalue weighted by Gasteiger charge is 2.19. The van der Waals surface area contributed by atoms with Gasteiger partial charge < -0.3 is 0 Å². The van der Waals surface area contributed by atoms with E-state index in [0.717, 1.165) is 15.4 Å². The monoisotopic (exact) mass is 324 g/mol. The molecule has 0 spiro atoms. The average Bonchev–Trinajstić information content (AvgIpc) is 2.40. The predicted octanol–water partition coefficient (Wildman–Crippen LogP) is 5.09. The maximum absolute atomic E-state index is 6.12. The summed E-state index contributed by atoms with van der Waals surface area (Å²) in [6.07, 6.45) is 8.13. The molecular formula is C14H14BrClN2. The molecule has 0 saturated heterocycles. The van der Waals surface area contributed by atoms with Crippen LogP contribution in [-0.2, 0) is 0 Å². The summed E-state index contributed by atoms with van der Waals surface area (Å²) in [5.74, 6) is 0.581. The molecule has 3 rings (SSSR count). The number of hydrogen-bond acceptors (Lipinski definition) is 2. The van der Waals surface area contributed by atoms with E-state index in [-0.39, 0.29) is 0 Å². The number of fused-ring (bicyclic) bond motifs is 1. The van der Waals surface area contributed by atoms with Gasteiger partial charge in [0.25, 0.3) is 0 Å². The Morgan fingerprint density at radius 3 is 2.67 bits per heavy atom. The number of benzene rings is 1. The van der Waals surface area contributed by atoms with Crippen LogP contribution in [0.3, 0.4) is 0 Å². The first-order chi connectivity index (χ1) is 8.75. The van der Waals surface area contributed by atoms with Crippen molar-refractivity contribution in [3.63, 3.8) is 0 Å². The Balaban J connectivity index is 2.13. The minimum atomic E-state index is 0.581. The molecule has 2 nitrogen and oxygen atoms in total. The lowest BCUT2D eigenvalue weighted by Crippen LogP contribution is -2.07. The van der Waals surface area contributed by atoms with E-state index >= 15 is 0 Å². The average molecular weight is 326 g/mol. The molecule has 0 bridgehead atoms. The smallest absolute Gasteiger partial charge is 0.116 e. The van der Waals surface area contributed by atoms with Gasteiger partial charge >= 0.3 is 0 Å². The quantitative estimate of drug-likeness (QED) is 0.729. The van der Waals surface area contributed by atoms with Gasteiger partial charge in [-0.3, -0.25) is 0 Å². The minimum absolute atomic E-state index is 0.581. The van der Waals surface area contributed by atoms with Crippen LogP contribution < -0.4 is 0 Å². The molecule has 1 heterocycles. The topological polar surface area (TPSA) is 25.8 Å². The predicted molar refractivity (Wildman–Crippen MR) is 78.1 cm³/mol. The normalized spacial score (nSPS) is 17.2. The summed E-state index contributed by atoms with van der Waals surface area (Å²) in [5.41, 5.74) is 2.14. The maximum atomic E-state index is 6.12. The number of halogens is 2. The third-order valence-electron chi connectivity index (χ3n) is 3.70. The third-order valence-corrected chi connectivity index (χ3v) is 4.90. The van der Waals surface area contributed by atoms with Gasteiger partial charge in [-0.25, -0.2) is 9.97 Å². The van der Waals surface area contributed by atoms with E-state index < -0.39 is 0 Å². The summed E-state index contributed by atoms with van der Waals surface area (Å²) in [6, 6.07) is 3.97. The zero-order valence-corrected chi connectivity index (χ0v) is 12.3. The fourth-order valence-electron chi connectivity index (χ4n) is 2.77. The second-order valence-electron chi connectivity index (χ2n) is 4.88. The minimum Gasteiger partial charge on any atom is -0.240 e. The van der Waals surface area contributed by atoms with Crippen LogP contribution in [0.5, 0.6) is 0 Å². The third kappa shape index (κ3) is 2.26. The number of rotatable bonds is 1. The van der Waals surface area contributed by atoms with Crippen molar-refractivity contribution < 1.29 is 0 Å². The Hall–Kier alpha value is -0.670. The number of aromatic nitrogens is 2. The molecule has 1 aromatic carbocycles. The summed E-state index contributed by atoms with van der Waals surface area (Å²) in [5, 5.41) is 1.84. The molecule has 1 fully saturated rings. The van der Waals surface area contributed by atoms with Crippen LogP contribution in [0.15, 0.2) is 22.9 Å². The first kappa shape index (κ1) is 12.4. The van der Waals surface area contributed by atoms with Crippen LogP contribution >= 0.6 is 27.5 Å². The Morgan fingerprint density at radius 2 is 1.89 bits per heavy atom. The summed E-state index contributed by atoms with van der Waals surface area (Å²) < 4.78 is 0.920. The maximum Gasteiger partial charge on any atom is 0.116 e. The molecule has 0 amide bonds. The Kier molecular flexibility index (Phi) is 3.53. The molecule has 1 saturated carbocycles. The second kappa shape index (κ2) is 5.14. The Bertz CT molecular complexity index is 579. The lowest BCUT2D eigenvalue weighted by atomic mass is 9.85. The van der Waals surface area contributed by atoms with Gasteiger partial charge in [0, 0.05) is 15.8 Å². The SMILES string of the molecule is Clc1cc2ncnc(C3CCCCC3)c2cc1Br. The van der Waals surface area contributed by atoms with Crippen LogP contribution in [-0.4, -0.2) is 9.97 Å². The van der Waals surface area contributed by atoms with Gasteiger partial charge in [-0.1, -0.05) is 30.9 Å². The van der Waals surface area contributed by atoms with E-state index in [2.05, 4.69) is 32.0 Å². The molecule has 0 radical (unpaired) electrons. The summed E-state index contributed by atoms with van der Waals surface area (Å²) in [6.45, 7) is 0. The lowest BCUT2D eigenvalue weighted by molar-refractivity contribution is 0.438. The number of hydrogen-bond donors (Lipinski definition) is 0. The highest BCUT2D eigenvalue weighted by molar-refractivity contribution is 9.10. The fourth-order valence-corrected chi connectivity index (χ4v) is 3.27. The molecule has 0 unspecified atom stereocenters. The van der Waals surface area contributed by atoms with E-state index in [1.54, 1.807) is 6.33 Å². The molecule has 2 aromatic rings. The molecule has 18 heavy (non-hydrogen) atoms. The van der Waals surface area contributed by atoms with Crippen molar-refractivity contribution in [1.82, 2.24) is 9.97 Å². The first-order valence-electron chi connectivity index (χ1n) is 6.35. The van der Waals surface area contributed by atoms with Crippen molar-refractivity contribution in [2.24, 2.45) is 0 Å². The highest BCUT2D eigenvalue weighted by Crippen LogP contribution is 2.36. The van der Waals surface area contributed by atoms with Crippen molar-refractivity contribution >= 4 is 38.4 Å². The van der Waals surface area contributed by atoms with Gasteiger partial charge in [0.2, 0.25) is 0 Å². The fraction of sp³-hybridized carbons (Fsp3) is 0.429. The largest absolute Gasteiger partial charge is 0.240 e. The van der Waals surface area contributed by atoms with E-state index in [0.29, 0.717) is 10.9 Å². The van der Waals surface area contributed by atoms with Crippen LogP contribution in [0, 0.1) is 0 Å². The van der Waals surface area contributed by atoms with E-state index in [1.165, 1.54) is 37.8 Å². The van der Waals surface area contributed by atoms with E-state index in [9.17, 15) is 0 Å². The first-order valence-corrected chi connectivity index (χ1v) is 7.52. The van der Waals surface area contributed by atoms with Crippen LogP contribution in [0.1, 0.15) is 43.7 Å². The lowest BCUT2D eigenvalue weighted by Gasteiger charge is -2.22. The highest BCUT2D eigenvalue weighted by atomic mass is 79.9. The van der Waals surface area contributed by atoms with Crippen molar-refractivity contribution in [3.8, 4) is 0 Å². The molecule has 0 N–H and O–H groups in total. The molecule has 94 valence electrons. The molecule has 0 atom stereocenters. The van der Waals surface area contributed by atoms with Crippen LogP contribution in [0.25, 0.3) is 10.9 Å². The summed E-state index contributed by atoms with van der Waals surface area (Å²) in [7, 11) is 0. The molecule has 4 heteroatoms. The second-order valence-corrected chi connectivity index (χ2v) is 6.14. The van der Waals surface area contributed by atoms with E-state index in [4.69, 9.17) is 11.6 Å². The van der Waals surface area contributed by atoms with Gasteiger partial charge in [-0.05, 0) is 40.9 Å². The van der Waals surface area contributed by atoms with Crippen molar-refractivity contribution in [3.05, 3.63) is 33.6 Å². The zero-order chi connectivity index (χ0) is 12.5. The van der Waals surface area contributed by atoms with Gasteiger partial charge in [0.1, 0.15) is 6.33 Å². The molecule has 1 aliphatic rings. The molecule has 1 aliphatic carbocycles. The molecule has 0 aliphatic heterocycles. The van der Waals surface area contributed by atoms with Crippen molar-refractivity contribution in [2.45, 2.75) is 38.0 Å². The van der Waals surface area contributed by atoms with Crippen LogP contribution in [0.4, 0.5) is 0 Å². The van der Waals surface area contributed by atoms with Crippen molar-refractivity contribution in [2.75, 3.05) is 0 Å². The zero-order valence-electron chi connectivity index (χ0n) is 10.00. The standard InChI is InChI=1S/C14H14BrClN2/c15-11-6-10-13(7-12(11)16)17-8-18-14(10)9-4-2-1-3-5-9/h6-9H,1-5H2. The van der Waals surface area contributed by atoms with Gasteiger partial charge in [0.05, 0.1) is 16.2 Å². The Labute approximate surface area is 120 Å². The van der Waals surface area contributed by atoms with Gasteiger partial charge in [0.15, 0.2) is 0 Å². The Morgan fingerprint density at radius 1 is 1.11 bits per heavy atom.